The molecular formula is C14H24. The fourth-order valence-electron chi connectivity index (χ4n) is 2.49. The van der Waals surface area contributed by atoms with Gasteiger partial charge in [-0.05, 0) is 37.2 Å². The maximum Gasteiger partial charge on any atom is -0.0163 e. The fourth-order valence-corrected chi connectivity index (χ4v) is 2.49. The van der Waals surface area contributed by atoms with Gasteiger partial charge in [0.2, 0.25) is 0 Å². The monoisotopic (exact) mass is 192 g/mol. The molecule has 1 atom stereocenters. The van der Waals surface area contributed by atoms with Crippen molar-refractivity contribution in [3.63, 3.8) is 0 Å². The van der Waals surface area contributed by atoms with Crippen molar-refractivity contribution in [2.45, 2.75) is 59.3 Å². The Hall–Kier alpha value is -0.520. The number of rotatable bonds is 5. The van der Waals surface area contributed by atoms with E-state index in [9.17, 15) is 0 Å². The largest absolute Gasteiger partial charge is 0.0837 e. The van der Waals surface area contributed by atoms with Crippen molar-refractivity contribution in [3.8, 4) is 0 Å². The number of unbranched alkanes of at least 4 members (excludes halogenated alkanes) is 1. The number of hydrogen-bond donors (Lipinski definition) is 0. The van der Waals surface area contributed by atoms with Crippen LogP contribution in [-0.2, 0) is 0 Å². The van der Waals surface area contributed by atoms with E-state index in [0.717, 1.165) is 5.92 Å². The minimum Gasteiger partial charge on any atom is -0.0837 e. The summed E-state index contributed by atoms with van der Waals surface area (Å²) in [7, 11) is 0. The molecule has 1 rings (SSSR count). The topological polar surface area (TPSA) is 0 Å². The zero-order chi connectivity index (χ0) is 10.4. The summed E-state index contributed by atoms with van der Waals surface area (Å²) in [5.41, 5.74) is 3.35. The lowest BCUT2D eigenvalue weighted by Gasteiger charge is -2.24. The molecule has 0 nitrogen and oxygen atoms in total. The first-order chi connectivity index (χ1) is 6.83. The smallest absolute Gasteiger partial charge is 0.0163 e. The summed E-state index contributed by atoms with van der Waals surface area (Å²) < 4.78 is 0. The Morgan fingerprint density at radius 1 is 1.21 bits per heavy atom. The van der Waals surface area contributed by atoms with Crippen LogP contribution in [0.25, 0.3) is 0 Å². The molecule has 0 aliphatic heterocycles. The van der Waals surface area contributed by atoms with Crippen molar-refractivity contribution in [3.05, 3.63) is 23.3 Å². The normalized spacial score (nSPS) is 21.8. The molecular weight excluding hydrogens is 168 g/mol. The van der Waals surface area contributed by atoms with Crippen LogP contribution in [0.1, 0.15) is 59.3 Å². The van der Waals surface area contributed by atoms with Gasteiger partial charge in [0.1, 0.15) is 0 Å². The van der Waals surface area contributed by atoms with E-state index < -0.39 is 0 Å². The molecule has 0 fully saturated rings. The molecule has 0 spiro atoms. The van der Waals surface area contributed by atoms with E-state index in [1.54, 1.807) is 11.1 Å². The fraction of sp³-hybridized carbons (Fsp3) is 0.714. The van der Waals surface area contributed by atoms with Gasteiger partial charge in [0.15, 0.2) is 0 Å². The van der Waals surface area contributed by atoms with Gasteiger partial charge in [-0.1, -0.05) is 51.3 Å². The Labute approximate surface area is 89.1 Å². The highest BCUT2D eigenvalue weighted by molar-refractivity contribution is 5.31. The van der Waals surface area contributed by atoms with Crippen LogP contribution in [0.4, 0.5) is 0 Å². The molecule has 0 aromatic carbocycles. The van der Waals surface area contributed by atoms with Crippen LogP contribution in [0.2, 0.25) is 0 Å². The highest BCUT2D eigenvalue weighted by atomic mass is 14.2. The van der Waals surface area contributed by atoms with Gasteiger partial charge in [0.25, 0.3) is 0 Å². The van der Waals surface area contributed by atoms with Crippen LogP contribution in [0.5, 0.6) is 0 Å². The molecule has 0 heterocycles. The molecule has 1 unspecified atom stereocenters. The molecule has 0 radical (unpaired) electrons. The average molecular weight is 192 g/mol. The standard InChI is InChI=1S/C14H24/c1-4-7-9-13-11-8-10-12(5-2)14(13)6-3/h8,10,13H,4-7,9,11H2,1-3H3. The minimum atomic E-state index is 0.861. The highest BCUT2D eigenvalue weighted by Gasteiger charge is 2.16. The van der Waals surface area contributed by atoms with Crippen molar-refractivity contribution in [1.82, 2.24) is 0 Å². The molecule has 14 heavy (non-hydrogen) atoms. The lowest BCUT2D eigenvalue weighted by molar-refractivity contribution is 0.513. The summed E-state index contributed by atoms with van der Waals surface area (Å²) in [6.45, 7) is 6.87. The quantitative estimate of drug-likeness (QED) is 0.583. The Morgan fingerprint density at radius 2 is 2.00 bits per heavy atom. The first kappa shape index (κ1) is 11.6. The molecule has 0 aromatic rings. The third-order valence-corrected chi connectivity index (χ3v) is 3.31. The molecule has 0 amide bonds. The lowest BCUT2D eigenvalue weighted by atomic mass is 9.81. The summed E-state index contributed by atoms with van der Waals surface area (Å²) in [6, 6.07) is 0. The van der Waals surface area contributed by atoms with E-state index in [1.807, 2.05) is 0 Å². The van der Waals surface area contributed by atoms with Crippen molar-refractivity contribution in [2.75, 3.05) is 0 Å². The SMILES string of the molecule is CCCCC1CC=CC(CC)=C1CC. The van der Waals surface area contributed by atoms with Crippen molar-refractivity contribution in [2.24, 2.45) is 5.92 Å². The van der Waals surface area contributed by atoms with Gasteiger partial charge in [0.05, 0.1) is 0 Å². The molecule has 0 N–H and O–H groups in total. The highest BCUT2D eigenvalue weighted by Crippen LogP contribution is 2.32. The Kier molecular flexibility index (Phi) is 5.00. The maximum atomic E-state index is 2.37. The van der Waals surface area contributed by atoms with E-state index in [1.165, 1.54) is 38.5 Å². The van der Waals surface area contributed by atoms with Gasteiger partial charge >= 0.3 is 0 Å². The van der Waals surface area contributed by atoms with E-state index in [0.29, 0.717) is 0 Å². The minimum absolute atomic E-state index is 0.861. The van der Waals surface area contributed by atoms with E-state index >= 15 is 0 Å². The summed E-state index contributed by atoms with van der Waals surface area (Å²) in [4.78, 5) is 0. The summed E-state index contributed by atoms with van der Waals surface area (Å²) in [5, 5.41) is 0. The summed E-state index contributed by atoms with van der Waals surface area (Å²) in [5.74, 6) is 0.861. The van der Waals surface area contributed by atoms with Gasteiger partial charge in [-0.3, -0.25) is 0 Å². The molecule has 0 aromatic heterocycles. The first-order valence-corrected chi connectivity index (χ1v) is 6.21. The van der Waals surface area contributed by atoms with Crippen LogP contribution in [0, 0.1) is 5.92 Å². The van der Waals surface area contributed by atoms with Crippen molar-refractivity contribution >= 4 is 0 Å². The Morgan fingerprint density at radius 3 is 2.57 bits per heavy atom. The second kappa shape index (κ2) is 6.06. The first-order valence-electron chi connectivity index (χ1n) is 6.21. The molecule has 0 heteroatoms. The molecule has 80 valence electrons. The van der Waals surface area contributed by atoms with Crippen molar-refractivity contribution in [1.29, 1.82) is 0 Å². The molecule has 1 aliphatic rings. The van der Waals surface area contributed by atoms with E-state index in [4.69, 9.17) is 0 Å². The third-order valence-electron chi connectivity index (χ3n) is 3.31. The molecule has 0 saturated heterocycles. The lowest BCUT2D eigenvalue weighted by Crippen LogP contribution is -2.08. The van der Waals surface area contributed by atoms with E-state index in [-0.39, 0.29) is 0 Å². The predicted octanol–water partition coefficient (Wildman–Crippen LogP) is 4.87. The van der Waals surface area contributed by atoms with Crippen LogP contribution < -0.4 is 0 Å². The molecule has 0 saturated carbocycles. The molecule has 0 bridgehead atoms. The van der Waals surface area contributed by atoms with Gasteiger partial charge in [-0.25, -0.2) is 0 Å². The predicted molar refractivity (Wildman–Crippen MR) is 64.4 cm³/mol. The average Bonchev–Trinajstić information content (AvgIpc) is 2.25. The van der Waals surface area contributed by atoms with Crippen LogP contribution >= 0.6 is 0 Å². The Balaban J connectivity index is 2.68. The zero-order valence-electron chi connectivity index (χ0n) is 9.97. The van der Waals surface area contributed by atoms with Gasteiger partial charge in [-0.2, -0.15) is 0 Å². The summed E-state index contributed by atoms with van der Waals surface area (Å²) >= 11 is 0. The third kappa shape index (κ3) is 2.73. The van der Waals surface area contributed by atoms with Gasteiger partial charge < -0.3 is 0 Å². The molecule has 1 aliphatic carbocycles. The zero-order valence-corrected chi connectivity index (χ0v) is 9.97. The number of allylic oxidation sites excluding steroid dienone is 4. The van der Waals surface area contributed by atoms with E-state index in [2.05, 4.69) is 32.9 Å². The Bertz CT molecular complexity index is 220. The van der Waals surface area contributed by atoms with Crippen LogP contribution in [0.3, 0.4) is 0 Å². The van der Waals surface area contributed by atoms with Crippen molar-refractivity contribution < 1.29 is 0 Å². The second-order valence-electron chi connectivity index (χ2n) is 4.23. The maximum absolute atomic E-state index is 2.37. The van der Waals surface area contributed by atoms with Gasteiger partial charge in [-0.15, -0.1) is 0 Å². The van der Waals surface area contributed by atoms with Gasteiger partial charge in [0, 0.05) is 0 Å². The summed E-state index contributed by atoms with van der Waals surface area (Å²) in [6.07, 6.45) is 12.6. The van der Waals surface area contributed by atoms with Crippen LogP contribution in [0.15, 0.2) is 23.3 Å². The number of hydrogen-bond acceptors (Lipinski definition) is 0. The van der Waals surface area contributed by atoms with Crippen LogP contribution in [-0.4, -0.2) is 0 Å². The second-order valence-corrected chi connectivity index (χ2v) is 4.23.